The highest BCUT2D eigenvalue weighted by Gasteiger charge is 2.16. The molecule has 0 spiro atoms. The Bertz CT molecular complexity index is 618. The molecule has 1 heterocycles. The van der Waals surface area contributed by atoms with E-state index in [9.17, 15) is 4.79 Å². The monoisotopic (exact) mass is 283 g/mol. The zero-order valence-electron chi connectivity index (χ0n) is 12.2. The van der Waals surface area contributed by atoms with Crippen LogP contribution in [0.4, 0.5) is 0 Å². The minimum absolute atomic E-state index is 0.0983. The number of nitrogens with zero attached hydrogens (tertiary/aromatic N) is 2. The van der Waals surface area contributed by atoms with Crippen LogP contribution in [0.5, 0.6) is 0 Å². The van der Waals surface area contributed by atoms with Crippen LogP contribution in [0.15, 0.2) is 30.5 Å². The summed E-state index contributed by atoms with van der Waals surface area (Å²) in [6, 6.07) is 7.90. The molecule has 1 N–H and O–H groups in total. The van der Waals surface area contributed by atoms with E-state index in [1.165, 1.54) is 32.1 Å². The largest absolute Gasteiger partial charge is 0.348 e. The molecule has 0 unspecified atom stereocenters. The van der Waals surface area contributed by atoms with Crippen molar-refractivity contribution in [1.29, 1.82) is 0 Å². The average molecular weight is 283 g/mol. The van der Waals surface area contributed by atoms with E-state index in [1.54, 1.807) is 6.20 Å². The highest BCUT2D eigenvalue weighted by Crippen LogP contribution is 2.17. The summed E-state index contributed by atoms with van der Waals surface area (Å²) in [7, 11) is 0. The molecular weight excluding hydrogens is 262 g/mol. The molecule has 1 saturated carbocycles. The lowest BCUT2D eigenvalue weighted by atomic mass is 9.96. The summed E-state index contributed by atoms with van der Waals surface area (Å²) in [6.45, 7) is 0. The standard InChI is InChI=1S/C17H21N3O/c21-17(19-13-8-4-2-1-3-5-9-13)16-12-18-14-10-6-7-11-15(14)20-16/h6-7,10-13H,1-5,8-9H2,(H,19,21). The number of carbonyl (C=O) groups excluding carboxylic acids is 1. The van der Waals surface area contributed by atoms with Crippen molar-refractivity contribution in [2.75, 3.05) is 0 Å². The number of rotatable bonds is 2. The van der Waals surface area contributed by atoms with Crippen molar-refractivity contribution >= 4 is 16.9 Å². The lowest BCUT2D eigenvalue weighted by molar-refractivity contribution is 0.0925. The second kappa shape index (κ2) is 6.66. The maximum absolute atomic E-state index is 12.3. The van der Waals surface area contributed by atoms with Crippen molar-refractivity contribution < 1.29 is 4.79 Å². The summed E-state index contributed by atoms with van der Waals surface area (Å²) in [6.07, 6.45) is 10.0. The number of aromatic nitrogens is 2. The Labute approximate surface area is 125 Å². The summed E-state index contributed by atoms with van der Waals surface area (Å²) in [5, 5.41) is 3.13. The van der Waals surface area contributed by atoms with Crippen LogP contribution in [-0.2, 0) is 0 Å². The topological polar surface area (TPSA) is 54.9 Å². The molecule has 1 aromatic carbocycles. The Morgan fingerprint density at radius 2 is 1.67 bits per heavy atom. The minimum Gasteiger partial charge on any atom is -0.348 e. The minimum atomic E-state index is -0.0983. The van der Waals surface area contributed by atoms with Gasteiger partial charge < -0.3 is 5.32 Å². The average Bonchev–Trinajstić information content (AvgIpc) is 2.49. The van der Waals surface area contributed by atoms with E-state index in [0.29, 0.717) is 5.69 Å². The van der Waals surface area contributed by atoms with Gasteiger partial charge in [0.2, 0.25) is 0 Å². The highest BCUT2D eigenvalue weighted by atomic mass is 16.1. The third-order valence-corrected chi connectivity index (χ3v) is 4.12. The van der Waals surface area contributed by atoms with Gasteiger partial charge in [-0.25, -0.2) is 4.98 Å². The van der Waals surface area contributed by atoms with Crippen LogP contribution in [0.2, 0.25) is 0 Å². The maximum Gasteiger partial charge on any atom is 0.271 e. The van der Waals surface area contributed by atoms with E-state index in [0.717, 1.165) is 23.9 Å². The van der Waals surface area contributed by atoms with Crippen LogP contribution in [0.25, 0.3) is 11.0 Å². The predicted octanol–water partition coefficient (Wildman–Crippen LogP) is 3.47. The summed E-state index contributed by atoms with van der Waals surface area (Å²) < 4.78 is 0. The second-order valence-electron chi connectivity index (χ2n) is 5.76. The molecule has 1 aliphatic rings. The van der Waals surface area contributed by atoms with Gasteiger partial charge in [-0.15, -0.1) is 0 Å². The van der Waals surface area contributed by atoms with Gasteiger partial charge in [0.15, 0.2) is 0 Å². The van der Waals surface area contributed by atoms with Crippen LogP contribution >= 0.6 is 0 Å². The van der Waals surface area contributed by atoms with Gasteiger partial charge in [0.25, 0.3) is 5.91 Å². The normalized spacial score (nSPS) is 17.1. The number of nitrogens with one attached hydrogen (secondary N) is 1. The van der Waals surface area contributed by atoms with Crippen molar-refractivity contribution in [2.45, 2.75) is 51.0 Å². The molecule has 0 saturated heterocycles. The Morgan fingerprint density at radius 3 is 2.43 bits per heavy atom. The van der Waals surface area contributed by atoms with Gasteiger partial charge >= 0.3 is 0 Å². The molecule has 0 aliphatic heterocycles. The second-order valence-corrected chi connectivity index (χ2v) is 5.76. The number of hydrogen-bond donors (Lipinski definition) is 1. The first-order chi connectivity index (χ1) is 10.3. The molecule has 21 heavy (non-hydrogen) atoms. The number of fused-ring (bicyclic) bond motifs is 1. The van der Waals surface area contributed by atoms with Gasteiger partial charge in [-0.1, -0.05) is 44.2 Å². The third kappa shape index (κ3) is 3.57. The fourth-order valence-corrected chi connectivity index (χ4v) is 2.93. The van der Waals surface area contributed by atoms with Crippen LogP contribution in [0.1, 0.15) is 55.4 Å². The van der Waals surface area contributed by atoms with E-state index in [1.807, 2.05) is 24.3 Å². The molecule has 0 radical (unpaired) electrons. The van der Waals surface area contributed by atoms with Crippen LogP contribution in [0.3, 0.4) is 0 Å². The fourth-order valence-electron chi connectivity index (χ4n) is 2.93. The van der Waals surface area contributed by atoms with Crippen molar-refractivity contribution in [1.82, 2.24) is 15.3 Å². The van der Waals surface area contributed by atoms with Gasteiger partial charge in [-0.3, -0.25) is 9.78 Å². The van der Waals surface area contributed by atoms with E-state index in [4.69, 9.17) is 0 Å². The Morgan fingerprint density at radius 1 is 1.00 bits per heavy atom. The first-order valence-corrected chi connectivity index (χ1v) is 7.85. The van der Waals surface area contributed by atoms with E-state index in [2.05, 4.69) is 15.3 Å². The van der Waals surface area contributed by atoms with Crippen LogP contribution in [-0.4, -0.2) is 21.9 Å². The Balaban J connectivity index is 1.70. The number of carbonyl (C=O) groups is 1. The zero-order valence-corrected chi connectivity index (χ0v) is 12.2. The van der Waals surface area contributed by atoms with Gasteiger partial charge in [0.1, 0.15) is 5.69 Å². The molecule has 1 fully saturated rings. The molecule has 3 rings (SSSR count). The molecule has 0 atom stereocenters. The molecule has 1 aromatic heterocycles. The zero-order chi connectivity index (χ0) is 14.5. The highest BCUT2D eigenvalue weighted by molar-refractivity contribution is 5.93. The number of amides is 1. The Hall–Kier alpha value is -1.97. The van der Waals surface area contributed by atoms with Gasteiger partial charge in [-0.2, -0.15) is 0 Å². The first-order valence-electron chi connectivity index (χ1n) is 7.85. The smallest absolute Gasteiger partial charge is 0.271 e. The quantitative estimate of drug-likeness (QED) is 0.918. The lowest BCUT2D eigenvalue weighted by Crippen LogP contribution is -2.35. The molecule has 4 heteroatoms. The number of para-hydroxylation sites is 2. The predicted molar refractivity (Wildman–Crippen MR) is 83.1 cm³/mol. The molecule has 1 aliphatic carbocycles. The van der Waals surface area contributed by atoms with Gasteiger partial charge in [0.05, 0.1) is 17.2 Å². The number of hydrogen-bond acceptors (Lipinski definition) is 3. The van der Waals surface area contributed by atoms with Gasteiger partial charge in [0, 0.05) is 6.04 Å². The number of benzene rings is 1. The van der Waals surface area contributed by atoms with E-state index < -0.39 is 0 Å². The molecule has 0 bridgehead atoms. The van der Waals surface area contributed by atoms with Crippen molar-refractivity contribution in [3.63, 3.8) is 0 Å². The van der Waals surface area contributed by atoms with Crippen molar-refractivity contribution in [3.05, 3.63) is 36.2 Å². The summed E-state index contributed by atoms with van der Waals surface area (Å²) in [5.41, 5.74) is 2.00. The molecule has 1 amide bonds. The molecular formula is C17H21N3O. The van der Waals surface area contributed by atoms with Crippen LogP contribution in [0, 0.1) is 0 Å². The Kier molecular flexibility index (Phi) is 4.43. The lowest BCUT2D eigenvalue weighted by Gasteiger charge is -2.20. The SMILES string of the molecule is O=C(NC1CCCCCCC1)c1cnc2ccccc2n1. The molecule has 4 nitrogen and oxygen atoms in total. The third-order valence-electron chi connectivity index (χ3n) is 4.12. The van der Waals surface area contributed by atoms with E-state index >= 15 is 0 Å². The van der Waals surface area contributed by atoms with Crippen LogP contribution < -0.4 is 5.32 Å². The van der Waals surface area contributed by atoms with E-state index in [-0.39, 0.29) is 11.9 Å². The fraction of sp³-hybridized carbons (Fsp3) is 0.471. The summed E-state index contributed by atoms with van der Waals surface area (Å²) >= 11 is 0. The first kappa shape index (κ1) is 14.0. The van der Waals surface area contributed by atoms with Gasteiger partial charge in [-0.05, 0) is 25.0 Å². The molecule has 110 valence electrons. The summed E-state index contributed by atoms with van der Waals surface area (Å²) in [4.78, 5) is 21.1. The summed E-state index contributed by atoms with van der Waals surface area (Å²) in [5.74, 6) is -0.0983. The van der Waals surface area contributed by atoms with Crippen molar-refractivity contribution in [3.8, 4) is 0 Å². The van der Waals surface area contributed by atoms with Crippen molar-refractivity contribution in [2.24, 2.45) is 0 Å². The maximum atomic E-state index is 12.3. The molecule has 2 aromatic rings.